The summed E-state index contributed by atoms with van der Waals surface area (Å²) in [6.07, 6.45) is 1.66. The number of aliphatic carboxylic acids is 1. The number of hydrogen-bond acceptors (Lipinski definition) is 4. The molecule has 5 heteroatoms. The highest BCUT2D eigenvalue weighted by molar-refractivity contribution is 7.10. The van der Waals surface area contributed by atoms with Crippen molar-refractivity contribution in [1.82, 2.24) is 4.90 Å². The first-order chi connectivity index (χ1) is 9.12. The van der Waals surface area contributed by atoms with Crippen molar-refractivity contribution in [2.45, 2.75) is 25.8 Å². The molecular weight excluding hydrogens is 262 g/mol. The molecule has 1 saturated heterocycles. The Morgan fingerprint density at radius 3 is 3.21 bits per heavy atom. The van der Waals surface area contributed by atoms with E-state index in [1.165, 1.54) is 10.4 Å². The first-order valence-corrected chi connectivity index (χ1v) is 7.62. The second-order valence-electron chi connectivity index (χ2n) is 5.58. The molecule has 2 aliphatic rings. The van der Waals surface area contributed by atoms with Gasteiger partial charge in [0, 0.05) is 30.6 Å². The van der Waals surface area contributed by atoms with Crippen LogP contribution in [0, 0.1) is 5.41 Å². The minimum Gasteiger partial charge on any atom is -0.481 e. The Morgan fingerprint density at radius 2 is 2.53 bits per heavy atom. The summed E-state index contributed by atoms with van der Waals surface area (Å²) in [6, 6.07) is 2.49. The Morgan fingerprint density at radius 1 is 1.68 bits per heavy atom. The van der Waals surface area contributed by atoms with Crippen molar-refractivity contribution in [3.63, 3.8) is 0 Å². The number of thiophene rings is 1. The number of ether oxygens (including phenoxy) is 1. The van der Waals surface area contributed by atoms with Crippen molar-refractivity contribution in [2.24, 2.45) is 5.41 Å². The summed E-state index contributed by atoms with van der Waals surface area (Å²) in [5.74, 6) is -0.715. The molecule has 0 amide bonds. The molecule has 0 bridgehead atoms. The van der Waals surface area contributed by atoms with E-state index in [1.54, 1.807) is 0 Å². The molecular formula is C14H19NO3S. The van der Waals surface area contributed by atoms with Gasteiger partial charge in [0.15, 0.2) is 0 Å². The second-order valence-corrected chi connectivity index (χ2v) is 6.58. The summed E-state index contributed by atoms with van der Waals surface area (Å²) in [6.45, 7) is 4.64. The maximum absolute atomic E-state index is 11.6. The SMILES string of the molecule is CC1c2ccsc2CCN1CC1(C(=O)O)CCOC1. The summed E-state index contributed by atoms with van der Waals surface area (Å²) in [5.41, 5.74) is 0.664. The van der Waals surface area contributed by atoms with E-state index in [0.717, 1.165) is 13.0 Å². The lowest BCUT2D eigenvalue weighted by Gasteiger charge is -2.38. The zero-order valence-electron chi connectivity index (χ0n) is 11.1. The Bertz CT molecular complexity index is 479. The Labute approximate surface area is 117 Å². The van der Waals surface area contributed by atoms with Gasteiger partial charge in [0.1, 0.15) is 5.41 Å². The zero-order chi connectivity index (χ0) is 13.5. The molecule has 0 spiro atoms. The molecule has 104 valence electrons. The normalized spacial score (nSPS) is 31.3. The van der Waals surface area contributed by atoms with Gasteiger partial charge in [0.05, 0.1) is 6.61 Å². The van der Waals surface area contributed by atoms with Gasteiger partial charge in [0.2, 0.25) is 0 Å². The maximum Gasteiger partial charge on any atom is 0.313 e. The van der Waals surface area contributed by atoms with E-state index in [0.29, 0.717) is 32.2 Å². The average molecular weight is 281 g/mol. The molecule has 2 atom stereocenters. The number of carboxylic acid groups (broad SMARTS) is 1. The molecule has 1 aromatic rings. The molecule has 0 aliphatic carbocycles. The molecule has 0 radical (unpaired) electrons. The van der Waals surface area contributed by atoms with Crippen LogP contribution in [-0.4, -0.2) is 42.3 Å². The minimum absolute atomic E-state index is 0.312. The van der Waals surface area contributed by atoms with Gasteiger partial charge in [0.25, 0.3) is 0 Å². The third kappa shape index (κ3) is 2.20. The molecule has 19 heavy (non-hydrogen) atoms. The Kier molecular flexibility index (Phi) is 3.37. The van der Waals surface area contributed by atoms with Crippen LogP contribution in [0.25, 0.3) is 0 Å². The van der Waals surface area contributed by atoms with Crippen molar-refractivity contribution in [1.29, 1.82) is 0 Å². The van der Waals surface area contributed by atoms with Crippen LogP contribution in [0.3, 0.4) is 0 Å². The van der Waals surface area contributed by atoms with Crippen molar-refractivity contribution in [3.05, 3.63) is 21.9 Å². The highest BCUT2D eigenvalue weighted by Crippen LogP contribution is 2.37. The van der Waals surface area contributed by atoms with E-state index in [1.807, 2.05) is 11.3 Å². The van der Waals surface area contributed by atoms with Crippen LogP contribution in [0.4, 0.5) is 0 Å². The molecule has 0 saturated carbocycles. The zero-order valence-corrected chi connectivity index (χ0v) is 11.9. The van der Waals surface area contributed by atoms with Gasteiger partial charge in [-0.05, 0) is 36.8 Å². The van der Waals surface area contributed by atoms with Crippen molar-refractivity contribution in [3.8, 4) is 0 Å². The number of rotatable bonds is 3. The summed E-state index contributed by atoms with van der Waals surface area (Å²) >= 11 is 1.81. The molecule has 1 aromatic heterocycles. The monoisotopic (exact) mass is 281 g/mol. The highest BCUT2D eigenvalue weighted by Gasteiger charge is 2.45. The van der Waals surface area contributed by atoms with Crippen LogP contribution in [0.5, 0.6) is 0 Å². The molecule has 2 aliphatic heterocycles. The van der Waals surface area contributed by atoms with E-state index < -0.39 is 11.4 Å². The fourth-order valence-electron chi connectivity index (χ4n) is 3.13. The molecule has 1 N–H and O–H groups in total. The van der Waals surface area contributed by atoms with Gasteiger partial charge in [-0.1, -0.05) is 0 Å². The van der Waals surface area contributed by atoms with Gasteiger partial charge in [-0.15, -0.1) is 11.3 Å². The van der Waals surface area contributed by atoms with Crippen LogP contribution in [0.2, 0.25) is 0 Å². The predicted octanol–water partition coefficient (Wildman–Crippen LogP) is 2.16. The number of carbonyl (C=O) groups is 1. The van der Waals surface area contributed by atoms with Gasteiger partial charge in [-0.25, -0.2) is 0 Å². The van der Waals surface area contributed by atoms with E-state index in [4.69, 9.17) is 4.74 Å². The highest BCUT2D eigenvalue weighted by atomic mass is 32.1. The number of nitrogens with zero attached hydrogens (tertiary/aromatic N) is 1. The van der Waals surface area contributed by atoms with Crippen LogP contribution in [0.15, 0.2) is 11.4 Å². The fraction of sp³-hybridized carbons (Fsp3) is 0.643. The van der Waals surface area contributed by atoms with Crippen LogP contribution in [-0.2, 0) is 16.0 Å². The van der Waals surface area contributed by atoms with Gasteiger partial charge in [-0.2, -0.15) is 0 Å². The molecule has 4 nitrogen and oxygen atoms in total. The maximum atomic E-state index is 11.6. The number of hydrogen-bond donors (Lipinski definition) is 1. The van der Waals surface area contributed by atoms with Crippen LogP contribution in [0.1, 0.15) is 29.8 Å². The summed E-state index contributed by atoms with van der Waals surface area (Å²) in [4.78, 5) is 15.4. The van der Waals surface area contributed by atoms with Crippen molar-refractivity contribution < 1.29 is 14.6 Å². The minimum atomic E-state index is -0.715. The van der Waals surface area contributed by atoms with Gasteiger partial charge in [-0.3, -0.25) is 9.69 Å². The molecule has 3 rings (SSSR count). The van der Waals surface area contributed by atoms with Crippen molar-refractivity contribution in [2.75, 3.05) is 26.3 Å². The Hall–Kier alpha value is -0.910. The largest absolute Gasteiger partial charge is 0.481 e. The van der Waals surface area contributed by atoms with Gasteiger partial charge >= 0.3 is 5.97 Å². The van der Waals surface area contributed by atoms with E-state index in [-0.39, 0.29) is 0 Å². The fourth-order valence-corrected chi connectivity index (χ4v) is 4.10. The quantitative estimate of drug-likeness (QED) is 0.922. The van der Waals surface area contributed by atoms with E-state index in [2.05, 4.69) is 23.3 Å². The van der Waals surface area contributed by atoms with E-state index in [9.17, 15) is 9.90 Å². The summed E-state index contributed by atoms with van der Waals surface area (Å²) in [5, 5.41) is 11.7. The molecule has 1 fully saturated rings. The first-order valence-electron chi connectivity index (χ1n) is 6.74. The Balaban J connectivity index is 1.79. The van der Waals surface area contributed by atoms with Crippen LogP contribution < -0.4 is 0 Å². The van der Waals surface area contributed by atoms with Crippen molar-refractivity contribution >= 4 is 17.3 Å². The molecule has 0 aromatic carbocycles. The van der Waals surface area contributed by atoms with Gasteiger partial charge < -0.3 is 9.84 Å². The summed E-state index contributed by atoms with van der Waals surface area (Å²) < 4.78 is 5.35. The smallest absolute Gasteiger partial charge is 0.313 e. The number of carboxylic acids is 1. The lowest BCUT2D eigenvalue weighted by atomic mass is 9.85. The average Bonchev–Trinajstić information content (AvgIpc) is 3.02. The second kappa shape index (κ2) is 4.89. The number of fused-ring (bicyclic) bond motifs is 1. The topological polar surface area (TPSA) is 49.8 Å². The lowest BCUT2D eigenvalue weighted by molar-refractivity contribution is -0.150. The molecule has 2 unspecified atom stereocenters. The standard InChI is InChI=1S/C14H19NO3S/c1-10-11-3-7-19-12(11)2-5-15(10)8-14(13(16)17)4-6-18-9-14/h3,7,10H,2,4-6,8-9H2,1H3,(H,16,17). The third-order valence-electron chi connectivity index (χ3n) is 4.47. The van der Waals surface area contributed by atoms with E-state index >= 15 is 0 Å². The summed E-state index contributed by atoms with van der Waals surface area (Å²) in [7, 11) is 0. The first kappa shape index (κ1) is 13.1. The molecule has 3 heterocycles. The van der Waals surface area contributed by atoms with Crippen LogP contribution >= 0.6 is 11.3 Å². The third-order valence-corrected chi connectivity index (χ3v) is 5.46. The predicted molar refractivity (Wildman–Crippen MR) is 73.5 cm³/mol. The lowest BCUT2D eigenvalue weighted by Crippen LogP contribution is -2.46.